The van der Waals surface area contributed by atoms with Gasteiger partial charge in [-0.2, -0.15) is 0 Å². The minimum Gasteiger partial charge on any atom is -0.392 e. The third-order valence-corrected chi connectivity index (χ3v) is 3.19. The Labute approximate surface area is 118 Å². The number of non-ortho nitro benzene ring substituents is 1. The van der Waals surface area contributed by atoms with Gasteiger partial charge in [0.15, 0.2) is 0 Å². The van der Waals surface area contributed by atoms with Gasteiger partial charge in [0.25, 0.3) is 5.69 Å². The quantitative estimate of drug-likeness (QED) is 0.472. The number of benzene rings is 1. The SMILES string of the molecule is CCCCN(C)C(C(N)=S)c1cccc([N+](=O)[O-])c1. The van der Waals surface area contributed by atoms with Gasteiger partial charge in [-0.3, -0.25) is 15.0 Å². The van der Waals surface area contributed by atoms with Crippen LogP contribution in [0, 0.1) is 10.1 Å². The monoisotopic (exact) mass is 281 g/mol. The molecule has 1 rings (SSSR count). The summed E-state index contributed by atoms with van der Waals surface area (Å²) in [6.45, 7) is 2.96. The minimum absolute atomic E-state index is 0.0580. The first kappa shape index (κ1) is 15.5. The number of hydrogen-bond acceptors (Lipinski definition) is 4. The maximum atomic E-state index is 10.8. The van der Waals surface area contributed by atoms with Crippen LogP contribution < -0.4 is 5.73 Å². The van der Waals surface area contributed by atoms with Crippen LogP contribution in [0.3, 0.4) is 0 Å². The van der Waals surface area contributed by atoms with Crippen molar-refractivity contribution in [1.82, 2.24) is 4.90 Å². The number of likely N-dealkylation sites (N-methyl/N-ethyl adjacent to an activating group) is 1. The standard InChI is InChI=1S/C13H19N3O2S/c1-3-4-8-15(2)12(13(14)19)10-6-5-7-11(9-10)16(17)18/h5-7,9,12H,3-4,8H2,1-2H3,(H2,14,19). The highest BCUT2D eigenvalue weighted by atomic mass is 32.1. The Balaban J connectivity index is 3.02. The molecule has 1 unspecified atom stereocenters. The second-order valence-corrected chi connectivity index (χ2v) is 4.96. The molecule has 2 N–H and O–H groups in total. The van der Waals surface area contributed by atoms with Gasteiger partial charge in [0.2, 0.25) is 0 Å². The highest BCUT2D eigenvalue weighted by Crippen LogP contribution is 2.24. The van der Waals surface area contributed by atoms with E-state index in [0.717, 1.165) is 24.9 Å². The lowest BCUT2D eigenvalue weighted by molar-refractivity contribution is -0.384. The molecule has 1 aromatic rings. The number of nitrogens with zero attached hydrogens (tertiary/aromatic N) is 2. The largest absolute Gasteiger partial charge is 0.392 e. The van der Waals surface area contributed by atoms with Crippen LogP contribution in [0.4, 0.5) is 5.69 Å². The molecular weight excluding hydrogens is 262 g/mol. The van der Waals surface area contributed by atoms with Crippen molar-refractivity contribution in [3.8, 4) is 0 Å². The van der Waals surface area contributed by atoms with E-state index in [2.05, 4.69) is 6.92 Å². The molecule has 0 aliphatic heterocycles. The molecule has 0 fully saturated rings. The predicted octanol–water partition coefficient (Wildman–Crippen LogP) is 2.65. The molecule has 0 saturated heterocycles. The van der Waals surface area contributed by atoms with Gasteiger partial charge >= 0.3 is 0 Å². The van der Waals surface area contributed by atoms with Gasteiger partial charge < -0.3 is 5.73 Å². The van der Waals surface area contributed by atoms with Crippen LogP contribution in [0.5, 0.6) is 0 Å². The van der Waals surface area contributed by atoms with Crippen molar-refractivity contribution < 1.29 is 4.92 Å². The van der Waals surface area contributed by atoms with Gasteiger partial charge in [0.05, 0.1) is 16.0 Å². The lowest BCUT2D eigenvalue weighted by Crippen LogP contribution is -2.34. The number of nitro groups is 1. The number of nitro benzene ring substituents is 1. The zero-order valence-electron chi connectivity index (χ0n) is 11.2. The van der Waals surface area contributed by atoms with E-state index in [1.165, 1.54) is 12.1 Å². The molecule has 0 spiro atoms. The Morgan fingerprint density at radius 1 is 1.58 bits per heavy atom. The first-order valence-electron chi connectivity index (χ1n) is 6.21. The molecule has 0 bridgehead atoms. The van der Waals surface area contributed by atoms with E-state index >= 15 is 0 Å². The van der Waals surface area contributed by atoms with Crippen LogP contribution >= 0.6 is 12.2 Å². The highest BCUT2D eigenvalue weighted by Gasteiger charge is 2.21. The molecule has 19 heavy (non-hydrogen) atoms. The molecule has 0 heterocycles. The van der Waals surface area contributed by atoms with E-state index in [-0.39, 0.29) is 11.7 Å². The van der Waals surface area contributed by atoms with Crippen LogP contribution in [0.15, 0.2) is 24.3 Å². The van der Waals surface area contributed by atoms with E-state index in [1.54, 1.807) is 6.07 Å². The fourth-order valence-corrected chi connectivity index (χ4v) is 2.30. The van der Waals surface area contributed by atoms with E-state index < -0.39 is 4.92 Å². The van der Waals surface area contributed by atoms with Crippen molar-refractivity contribution in [2.45, 2.75) is 25.8 Å². The van der Waals surface area contributed by atoms with E-state index in [1.807, 2.05) is 18.0 Å². The predicted molar refractivity (Wildman–Crippen MR) is 80.2 cm³/mol. The zero-order chi connectivity index (χ0) is 14.4. The summed E-state index contributed by atoms with van der Waals surface area (Å²) in [6.07, 6.45) is 2.11. The molecule has 0 aromatic heterocycles. The lowest BCUT2D eigenvalue weighted by Gasteiger charge is -2.27. The van der Waals surface area contributed by atoms with E-state index in [4.69, 9.17) is 18.0 Å². The summed E-state index contributed by atoms with van der Waals surface area (Å²) in [5.41, 5.74) is 6.61. The summed E-state index contributed by atoms with van der Waals surface area (Å²) in [6, 6.07) is 6.21. The fraction of sp³-hybridized carbons (Fsp3) is 0.462. The molecule has 5 nitrogen and oxygen atoms in total. The number of hydrogen-bond donors (Lipinski definition) is 1. The van der Waals surface area contributed by atoms with Crippen LogP contribution in [-0.4, -0.2) is 28.4 Å². The summed E-state index contributed by atoms with van der Waals surface area (Å²) < 4.78 is 0. The first-order chi connectivity index (χ1) is 8.97. The Bertz CT molecular complexity index is 465. The average molecular weight is 281 g/mol. The maximum Gasteiger partial charge on any atom is 0.269 e. The maximum absolute atomic E-state index is 10.8. The smallest absolute Gasteiger partial charge is 0.269 e. The van der Waals surface area contributed by atoms with Crippen LogP contribution in [0.1, 0.15) is 31.4 Å². The Hall–Kier alpha value is -1.53. The van der Waals surface area contributed by atoms with Crippen molar-refractivity contribution in [2.24, 2.45) is 5.73 Å². The number of unbranched alkanes of at least 4 members (excludes halogenated alkanes) is 1. The second kappa shape index (κ2) is 7.16. The molecule has 104 valence electrons. The zero-order valence-corrected chi connectivity index (χ0v) is 12.0. The summed E-state index contributed by atoms with van der Waals surface area (Å²) >= 11 is 5.10. The molecule has 6 heteroatoms. The summed E-state index contributed by atoms with van der Waals surface area (Å²) in [5.74, 6) is 0. The molecule has 0 aliphatic carbocycles. The summed E-state index contributed by atoms with van der Waals surface area (Å²) in [5, 5.41) is 10.8. The van der Waals surface area contributed by atoms with Gasteiger partial charge in [0.1, 0.15) is 0 Å². The third kappa shape index (κ3) is 4.25. The third-order valence-electron chi connectivity index (χ3n) is 2.97. The van der Waals surface area contributed by atoms with Gasteiger partial charge in [-0.15, -0.1) is 0 Å². The van der Waals surface area contributed by atoms with Gasteiger partial charge in [-0.05, 0) is 25.6 Å². The molecule has 1 atom stereocenters. The molecule has 0 amide bonds. The summed E-state index contributed by atoms with van der Waals surface area (Å²) in [4.78, 5) is 12.8. The minimum atomic E-state index is -0.411. The highest BCUT2D eigenvalue weighted by molar-refractivity contribution is 7.80. The normalized spacial score (nSPS) is 12.4. The van der Waals surface area contributed by atoms with Crippen molar-refractivity contribution in [2.75, 3.05) is 13.6 Å². The molecular formula is C13H19N3O2S. The first-order valence-corrected chi connectivity index (χ1v) is 6.62. The van der Waals surface area contributed by atoms with Gasteiger partial charge in [-0.1, -0.05) is 37.7 Å². The topological polar surface area (TPSA) is 72.4 Å². The number of nitrogens with two attached hydrogens (primary N) is 1. The molecule has 0 saturated carbocycles. The van der Waals surface area contributed by atoms with Crippen LogP contribution in [-0.2, 0) is 0 Å². The molecule has 1 aromatic carbocycles. The van der Waals surface area contributed by atoms with E-state index in [0.29, 0.717) is 4.99 Å². The lowest BCUT2D eigenvalue weighted by atomic mass is 10.0. The Morgan fingerprint density at radius 2 is 2.26 bits per heavy atom. The number of rotatable bonds is 7. The van der Waals surface area contributed by atoms with Crippen LogP contribution in [0.25, 0.3) is 0 Å². The van der Waals surface area contributed by atoms with Crippen molar-refractivity contribution in [1.29, 1.82) is 0 Å². The Kier molecular flexibility index (Phi) is 5.85. The van der Waals surface area contributed by atoms with Crippen molar-refractivity contribution in [3.63, 3.8) is 0 Å². The van der Waals surface area contributed by atoms with E-state index in [9.17, 15) is 10.1 Å². The Morgan fingerprint density at radius 3 is 2.79 bits per heavy atom. The summed E-state index contributed by atoms with van der Waals surface area (Å²) in [7, 11) is 1.93. The molecule has 0 aliphatic rings. The number of thiocarbonyl (C=S) groups is 1. The fourth-order valence-electron chi connectivity index (χ4n) is 1.98. The second-order valence-electron chi connectivity index (χ2n) is 4.49. The van der Waals surface area contributed by atoms with Gasteiger partial charge in [-0.25, -0.2) is 0 Å². The van der Waals surface area contributed by atoms with Gasteiger partial charge in [0, 0.05) is 12.1 Å². The van der Waals surface area contributed by atoms with Crippen molar-refractivity contribution >= 4 is 22.9 Å². The average Bonchev–Trinajstić information content (AvgIpc) is 2.36. The molecule has 0 radical (unpaired) electrons. The van der Waals surface area contributed by atoms with Crippen LogP contribution in [0.2, 0.25) is 0 Å². The van der Waals surface area contributed by atoms with Crippen molar-refractivity contribution in [3.05, 3.63) is 39.9 Å².